The van der Waals surface area contributed by atoms with Gasteiger partial charge in [0.25, 0.3) is 0 Å². The van der Waals surface area contributed by atoms with Crippen molar-refractivity contribution in [2.24, 2.45) is 5.73 Å². The van der Waals surface area contributed by atoms with Crippen LogP contribution in [0.3, 0.4) is 0 Å². The fraction of sp³-hybridized carbons (Fsp3) is 0.500. The van der Waals surface area contributed by atoms with Gasteiger partial charge in [0, 0.05) is 20.3 Å². The summed E-state index contributed by atoms with van der Waals surface area (Å²) in [7, 11) is 2.95. The van der Waals surface area contributed by atoms with E-state index in [1.807, 2.05) is 18.2 Å². The maximum absolute atomic E-state index is 11.9. The molecule has 0 saturated carbocycles. The van der Waals surface area contributed by atoms with Gasteiger partial charge in [0.2, 0.25) is 0 Å². The van der Waals surface area contributed by atoms with Crippen LogP contribution in [0.2, 0.25) is 0 Å². The van der Waals surface area contributed by atoms with Gasteiger partial charge in [0.1, 0.15) is 0 Å². The van der Waals surface area contributed by atoms with Crippen molar-refractivity contribution in [1.82, 2.24) is 0 Å². The van der Waals surface area contributed by atoms with Gasteiger partial charge >= 0.3 is 5.97 Å². The molecule has 0 aliphatic rings. The lowest BCUT2D eigenvalue weighted by molar-refractivity contribution is -0.150. The van der Waals surface area contributed by atoms with E-state index >= 15 is 0 Å². The molecule has 0 heterocycles. The van der Waals surface area contributed by atoms with E-state index in [0.717, 1.165) is 6.42 Å². The van der Waals surface area contributed by atoms with E-state index in [1.54, 1.807) is 19.2 Å². The summed E-state index contributed by atoms with van der Waals surface area (Å²) < 4.78 is 15.2. The molecule has 1 unspecified atom stereocenters. The highest BCUT2D eigenvalue weighted by molar-refractivity contribution is 5.82. The Morgan fingerprint density at radius 2 is 1.89 bits per heavy atom. The minimum atomic E-state index is -1.27. The Hall–Kier alpha value is -1.43. The molecule has 0 aromatic heterocycles. The van der Waals surface area contributed by atoms with Crippen LogP contribution in [0.25, 0.3) is 0 Å². The lowest BCUT2D eigenvalue weighted by Crippen LogP contribution is -2.49. The van der Waals surface area contributed by atoms with E-state index in [0.29, 0.717) is 18.8 Å². The first-order valence-electron chi connectivity index (χ1n) is 6.14. The monoisotopic (exact) mass is 267 g/mol. The van der Waals surface area contributed by atoms with Crippen molar-refractivity contribution in [3.63, 3.8) is 0 Å². The highest BCUT2D eigenvalue weighted by atomic mass is 16.5. The van der Waals surface area contributed by atoms with Gasteiger partial charge in [0.15, 0.2) is 5.54 Å². The van der Waals surface area contributed by atoms with Crippen LogP contribution in [-0.4, -0.2) is 40.0 Å². The van der Waals surface area contributed by atoms with E-state index in [1.165, 1.54) is 7.11 Å². The normalized spacial score (nSPS) is 13.8. The highest BCUT2D eigenvalue weighted by Gasteiger charge is 2.37. The van der Waals surface area contributed by atoms with Crippen LogP contribution in [0.1, 0.15) is 12.0 Å². The van der Waals surface area contributed by atoms with Crippen molar-refractivity contribution in [3.8, 4) is 0 Å². The average Bonchev–Trinajstić information content (AvgIpc) is 2.46. The zero-order valence-electron chi connectivity index (χ0n) is 11.4. The van der Waals surface area contributed by atoms with E-state index < -0.39 is 11.5 Å². The van der Waals surface area contributed by atoms with E-state index in [2.05, 4.69) is 0 Å². The maximum Gasteiger partial charge on any atom is 0.332 e. The molecule has 19 heavy (non-hydrogen) atoms. The number of carbonyl (C=O) groups is 1. The Bertz CT molecular complexity index is 382. The molecule has 1 aromatic rings. The number of benzene rings is 1. The molecular formula is C14H21NO4. The van der Waals surface area contributed by atoms with E-state index in [4.69, 9.17) is 19.9 Å². The standard InChI is InChI=1S/C14H21NO4/c1-17-9-6-10-19-11-14(15,13(16)18-2)12-7-4-3-5-8-12/h3-5,7-8H,6,9-11,15H2,1-2H3. The molecule has 5 heteroatoms. The minimum Gasteiger partial charge on any atom is -0.467 e. The molecule has 1 rings (SSSR count). The zero-order chi connectivity index (χ0) is 14.1. The first kappa shape index (κ1) is 15.6. The second-order valence-corrected chi connectivity index (χ2v) is 4.23. The number of rotatable bonds is 8. The van der Waals surface area contributed by atoms with Gasteiger partial charge in [-0.15, -0.1) is 0 Å². The zero-order valence-corrected chi connectivity index (χ0v) is 11.4. The van der Waals surface area contributed by atoms with Crippen LogP contribution in [0.4, 0.5) is 0 Å². The minimum absolute atomic E-state index is 0.0768. The molecule has 0 aliphatic carbocycles. The lowest BCUT2D eigenvalue weighted by Gasteiger charge is -2.26. The Morgan fingerprint density at radius 3 is 2.47 bits per heavy atom. The molecule has 0 saturated heterocycles. The van der Waals surface area contributed by atoms with Crippen LogP contribution < -0.4 is 5.73 Å². The van der Waals surface area contributed by atoms with Crippen LogP contribution in [0, 0.1) is 0 Å². The van der Waals surface area contributed by atoms with E-state index in [9.17, 15) is 4.79 Å². The quantitative estimate of drug-likeness (QED) is 0.563. The first-order valence-corrected chi connectivity index (χ1v) is 6.14. The van der Waals surface area contributed by atoms with Crippen LogP contribution in [0.15, 0.2) is 30.3 Å². The summed E-state index contributed by atoms with van der Waals surface area (Å²) in [4.78, 5) is 11.9. The molecule has 0 radical (unpaired) electrons. The van der Waals surface area contributed by atoms with Gasteiger partial charge in [-0.25, -0.2) is 4.79 Å². The summed E-state index contributed by atoms with van der Waals surface area (Å²) in [6.07, 6.45) is 0.753. The number of methoxy groups -OCH3 is 2. The van der Waals surface area contributed by atoms with Gasteiger partial charge < -0.3 is 19.9 Å². The predicted molar refractivity (Wildman–Crippen MR) is 71.6 cm³/mol. The number of esters is 1. The summed E-state index contributed by atoms with van der Waals surface area (Å²) in [5, 5.41) is 0. The average molecular weight is 267 g/mol. The molecule has 106 valence electrons. The van der Waals surface area contributed by atoms with Crippen LogP contribution in [-0.2, 0) is 24.5 Å². The Kier molecular flexibility index (Phi) is 6.49. The van der Waals surface area contributed by atoms with Crippen molar-refractivity contribution in [1.29, 1.82) is 0 Å². The van der Waals surface area contributed by atoms with Gasteiger partial charge in [-0.1, -0.05) is 30.3 Å². The summed E-state index contributed by atoms with van der Waals surface area (Å²) in [6.45, 7) is 1.17. The van der Waals surface area contributed by atoms with Gasteiger partial charge in [0.05, 0.1) is 13.7 Å². The fourth-order valence-electron chi connectivity index (χ4n) is 1.72. The number of ether oxygens (including phenoxy) is 3. The molecule has 0 spiro atoms. The second kappa shape index (κ2) is 7.89. The summed E-state index contributed by atoms with van der Waals surface area (Å²) in [6, 6.07) is 9.08. The van der Waals surface area contributed by atoms with Crippen molar-refractivity contribution >= 4 is 5.97 Å². The second-order valence-electron chi connectivity index (χ2n) is 4.23. The van der Waals surface area contributed by atoms with Crippen molar-refractivity contribution in [2.75, 3.05) is 34.0 Å². The third-order valence-corrected chi connectivity index (χ3v) is 2.81. The van der Waals surface area contributed by atoms with Gasteiger partial charge in [-0.05, 0) is 12.0 Å². The Labute approximate surface area is 113 Å². The lowest BCUT2D eigenvalue weighted by atomic mass is 9.92. The topological polar surface area (TPSA) is 70.8 Å². The van der Waals surface area contributed by atoms with Gasteiger partial charge in [-0.3, -0.25) is 0 Å². The molecule has 0 amide bonds. The van der Waals surface area contributed by atoms with E-state index in [-0.39, 0.29) is 6.61 Å². The molecule has 0 aliphatic heterocycles. The third kappa shape index (κ3) is 4.31. The van der Waals surface area contributed by atoms with Crippen LogP contribution in [0.5, 0.6) is 0 Å². The molecule has 0 fully saturated rings. The Balaban J connectivity index is 2.69. The largest absolute Gasteiger partial charge is 0.467 e. The molecule has 1 aromatic carbocycles. The number of hydrogen-bond acceptors (Lipinski definition) is 5. The summed E-state index contributed by atoms with van der Waals surface area (Å²) in [5.74, 6) is -0.509. The van der Waals surface area contributed by atoms with Crippen molar-refractivity contribution in [2.45, 2.75) is 12.0 Å². The molecule has 5 nitrogen and oxygen atoms in total. The van der Waals surface area contributed by atoms with Crippen LogP contribution >= 0.6 is 0 Å². The smallest absolute Gasteiger partial charge is 0.332 e. The third-order valence-electron chi connectivity index (χ3n) is 2.81. The first-order chi connectivity index (χ1) is 9.15. The number of nitrogens with two attached hydrogens (primary N) is 1. The highest BCUT2D eigenvalue weighted by Crippen LogP contribution is 2.20. The van der Waals surface area contributed by atoms with Crippen molar-refractivity contribution < 1.29 is 19.0 Å². The molecule has 1 atom stereocenters. The maximum atomic E-state index is 11.9. The Morgan fingerprint density at radius 1 is 1.21 bits per heavy atom. The fourth-order valence-corrected chi connectivity index (χ4v) is 1.72. The number of carbonyl (C=O) groups excluding carboxylic acids is 1. The molecule has 0 bridgehead atoms. The summed E-state index contributed by atoms with van der Waals surface area (Å²) >= 11 is 0. The molecule has 2 N–H and O–H groups in total. The predicted octanol–water partition coefficient (Wildman–Crippen LogP) is 1.07. The van der Waals surface area contributed by atoms with Crippen molar-refractivity contribution in [3.05, 3.63) is 35.9 Å². The SMILES string of the molecule is COCCCOCC(N)(C(=O)OC)c1ccccc1. The molecular weight excluding hydrogens is 246 g/mol. The summed E-state index contributed by atoms with van der Waals surface area (Å²) in [5.41, 5.74) is 5.56. The van der Waals surface area contributed by atoms with Gasteiger partial charge in [-0.2, -0.15) is 0 Å². The number of hydrogen-bond donors (Lipinski definition) is 1.